The van der Waals surface area contributed by atoms with Gasteiger partial charge in [-0.3, -0.25) is 4.90 Å². The first-order chi connectivity index (χ1) is 17.7. The highest BCUT2D eigenvalue weighted by atomic mass is 19.4. The number of aromatic nitrogens is 2. The summed E-state index contributed by atoms with van der Waals surface area (Å²) >= 11 is 0. The van der Waals surface area contributed by atoms with Gasteiger partial charge in [0.05, 0.1) is 6.20 Å². The number of hydrogen-bond acceptors (Lipinski definition) is 7. The van der Waals surface area contributed by atoms with E-state index in [-0.39, 0.29) is 23.0 Å². The predicted octanol–water partition coefficient (Wildman–Crippen LogP) is 5.96. The second-order valence-electron chi connectivity index (χ2n) is 8.17. The van der Waals surface area contributed by atoms with Gasteiger partial charge >= 0.3 is 12.4 Å². The lowest BCUT2D eigenvalue weighted by Gasteiger charge is -2.17. The zero-order chi connectivity index (χ0) is 26.0. The number of carbonyl (C=O) groups excluding carboxylic acids is 1. The van der Waals surface area contributed by atoms with Crippen LogP contribution in [0.5, 0.6) is 5.75 Å². The Labute approximate surface area is 209 Å². The molecule has 0 spiro atoms. The zero-order valence-electron chi connectivity index (χ0n) is 19.5. The van der Waals surface area contributed by atoms with Crippen molar-refractivity contribution in [2.45, 2.75) is 13.3 Å². The van der Waals surface area contributed by atoms with Crippen molar-refractivity contribution in [3.05, 3.63) is 72.6 Å². The number of benzene rings is 2. The third-order valence-corrected chi connectivity index (χ3v) is 5.50. The molecular formula is C25H21F3N6O3. The molecule has 1 aliphatic rings. The van der Waals surface area contributed by atoms with Crippen LogP contribution in [0.1, 0.15) is 5.56 Å². The van der Waals surface area contributed by atoms with Gasteiger partial charge in [0.1, 0.15) is 11.6 Å². The summed E-state index contributed by atoms with van der Waals surface area (Å²) in [6.07, 6.45) is -1.84. The van der Waals surface area contributed by atoms with E-state index in [0.29, 0.717) is 24.6 Å². The van der Waals surface area contributed by atoms with Gasteiger partial charge in [-0.2, -0.15) is 0 Å². The van der Waals surface area contributed by atoms with E-state index >= 15 is 0 Å². The van der Waals surface area contributed by atoms with Crippen LogP contribution < -0.4 is 25.6 Å². The van der Waals surface area contributed by atoms with Crippen molar-refractivity contribution in [2.75, 3.05) is 28.6 Å². The van der Waals surface area contributed by atoms with E-state index in [1.165, 1.54) is 17.2 Å². The molecular weight excluding hydrogens is 489 g/mol. The highest BCUT2D eigenvalue weighted by molar-refractivity contribution is 5.95. The molecule has 0 unspecified atom stereocenters. The largest absolute Gasteiger partial charge is 0.573 e. The maximum absolute atomic E-state index is 12.9. The van der Waals surface area contributed by atoms with Crippen LogP contribution in [-0.2, 0) is 0 Å². The summed E-state index contributed by atoms with van der Waals surface area (Å²) in [5.74, 6) is 0.394. The SMILES string of the molecule is Cc1ccc(Nc2ccccn2)cc1Nc1ncc(-c2cc(OC(F)(F)F)cc(N3CCNC3=O)c2)o1. The predicted molar refractivity (Wildman–Crippen MR) is 131 cm³/mol. The minimum atomic E-state index is -4.90. The van der Waals surface area contributed by atoms with Crippen molar-refractivity contribution in [3.8, 4) is 17.1 Å². The number of carbonyl (C=O) groups is 1. The normalized spacial score (nSPS) is 13.4. The minimum Gasteiger partial charge on any atom is -0.423 e. The number of ether oxygens (including phenoxy) is 1. The highest BCUT2D eigenvalue weighted by Gasteiger charge is 2.32. The second kappa shape index (κ2) is 9.72. The number of amides is 2. The molecule has 5 rings (SSSR count). The van der Waals surface area contributed by atoms with Crippen LogP contribution in [0.15, 0.2) is 71.4 Å². The van der Waals surface area contributed by atoms with Gasteiger partial charge in [-0.05, 0) is 48.9 Å². The number of nitrogens with zero attached hydrogens (tertiary/aromatic N) is 3. The smallest absolute Gasteiger partial charge is 0.423 e. The van der Waals surface area contributed by atoms with Gasteiger partial charge in [0.15, 0.2) is 5.76 Å². The third-order valence-electron chi connectivity index (χ3n) is 5.50. The van der Waals surface area contributed by atoms with Gasteiger partial charge in [-0.25, -0.2) is 14.8 Å². The molecule has 2 aromatic heterocycles. The van der Waals surface area contributed by atoms with Gasteiger partial charge < -0.3 is 25.1 Å². The van der Waals surface area contributed by atoms with Crippen molar-refractivity contribution in [1.82, 2.24) is 15.3 Å². The van der Waals surface area contributed by atoms with Crippen molar-refractivity contribution < 1.29 is 27.1 Å². The number of anilines is 5. The lowest BCUT2D eigenvalue weighted by atomic mass is 10.1. The lowest BCUT2D eigenvalue weighted by Crippen LogP contribution is -2.27. The molecule has 1 saturated heterocycles. The number of halogens is 3. The summed E-state index contributed by atoms with van der Waals surface area (Å²) in [7, 11) is 0. The fourth-order valence-corrected chi connectivity index (χ4v) is 3.79. The molecule has 9 nitrogen and oxygen atoms in total. The van der Waals surface area contributed by atoms with Gasteiger partial charge in [-0.1, -0.05) is 12.1 Å². The molecule has 0 atom stereocenters. The molecule has 4 aromatic rings. The lowest BCUT2D eigenvalue weighted by molar-refractivity contribution is -0.274. The molecule has 1 fully saturated rings. The summed E-state index contributed by atoms with van der Waals surface area (Å²) in [6, 6.07) is 14.8. The topological polar surface area (TPSA) is 105 Å². The molecule has 2 aromatic carbocycles. The summed E-state index contributed by atoms with van der Waals surface area (Å²) in [4.78, 5) is 21.9. The van der Waals surface area contributed by atoms with Gasteiger partial charge in [0.2, 0.25) is 0 Å². The standard InChI is InChI=1S/C25H21F3N6O3/c1-15-5-6-17(32-22-4-2-3-7-29-22)12-20(15)33-23-31-14-21(36-23)16-10-18(34-9-8-30-24(34)35)13-19(11-16)37-25(26,27)28/h2-7,10-14H,8-9H2,1H3,(H,29,32)(H,30,35)(H,31,33). The number of alkyl halides is 3. The highest BCUT2D eigenvalue weighted by Crippen LogP contribution is 2.35. The van der Waals surface area contributed by atoms with E-state index in [1.54, 1.807) is 12.3 Å². The van der Waals surface area contributed by atoms with Crippen LogP contribution >= 0.6 is 0 Å². The second-order valence-corrected chi connectivity index (χ2v) is 8.17. The van der Waals surface area contributed by atoms with Crippen LogP contribution in [0.4, 0.5) is 46.9 Å². The van der Waals surface area contributed by atoms with Crippen LogP contribution in [0.3, 0.4) is 0 Å². The quantitative estimate of drug-likeness (QED) is 0.282. The Balaban J connectivity index is 1.41. The fraction of sp³-hybridized carbons (Fsp3) is 0.160. The van der Waals surface area contributed by atoms with Crippen LogP contribution in [0.25, 0.3) is 11.3 Å². The minimum absolute atomic E-state index is 0.135. The summed E-state index contributed by atoms with van der Waals surface area (Å²) in [5, 5.41) is 8.92. The molecule has 2 amide bonds. The maximum Gasteiger partial charge on any atom is 0.573 e. The molecule has 0 aliphatic carbocycles. The Bertz CT molecular complexity index is 1420. The van der Waals surface area contributed by atoms with Crippen LogP contribution in [0, 0.1) is 6.92 Å². The van der Waals surface area contributed by atoms with Crippen LogP contribution in [0.2, 0.25) is 0 Å². The summed E-state index contributed by atoms with van der Waals surface area (Å²) in [5.41, 5.74) is 2.90. The molecule has 0 radical (unpaired) electrons. The van der Waals surface area contributed by atoms with Gasteiger partial charge in [0, 0.05) is 48.0 Å². The molecule has 3 heterocycles. The molecule has 0 bridgehead atoms. The maximum atomic E-state index is 12.9. The Morgan fingerprint density at radius 1 is 1.08 bits per heavy atom. The van der Waals surface area contributed by atoms with Crippen molar-refractivity contribution >= 4 is 34.9 Å². The first kappa shape index (κ1) is 24.0. The number of aryl methyl sites for hydroxylation is 1. The molecule has 12 heteroatoms. The Kier molecular flexibility index (Phi) is 6.30. The molecule has 3 N–H and O–H groups in total. The van der Waals surface area contributed by atoms with E-state index in [9.17, 15) is 18.0 Å². The van der Waals surface area contributed by atoms with Gasteiger partial charge in [-0.15, -0.1) is 13.2 Å². The summed E-state index contributed by atoms with van der Waals surface area (Å²) in [6.45, 7) is 2.59. The number of rotatable bonds is 7. The van der Waals surface area contributed by atoms with Crippen LogP contribution in [-0.4, -0.2) is 35.5 Å². The van der Waals surface area contributed by atoms with E-state index in [1.807, 2.05) is 43.3 Å². The zero-order valence-corrected chi connectivity index (χ0v) is 19.5. The number of urea groups is 1. The number of oxazole rings is 1. The monoisotopic (exact) mass is 510 g/mol. The Hall–Kier alpha value is -4.74. The number of nitrogens with one attached hydrogen (secondary N) is 3. The van der Waals surface area contributed by atoms with Crippen molar-refractivity contribution in [1.29, 1.82) is 0 Å². The Morgan fingerprint density at radius 3 is 2.68 bits per heavy atom. The summed E-state index contributed by atoms with van der Waals surface area (Å²) < 4.78 is 48.8. The van der Waals surface area contributed by atoms with Crippen molar-refractivity contribution in [3.63, 3.8) is 0 Å². The van der Waals surface area contributed by atoms with E-state index in [2.05, 4.69) is 30.7 Å². The molecule has 1 aliphatic heterocycles. The average Bonchev–Trinajstić information content (AvgIpc) is 3.50. The first-order valence-corrected chi connectivity index (χ1v) is 11.2. The van der Waals surface area contributed by atoms with E-state index in [4.69, 9.17) is 4.42 Å². The van der Waals surface area contributed by atoms with Gasteiger partial charge in [0.25, 0.3) is 6.01 Å². The number of hydrogen-bond donors (Lipinski definition) is 3. The van der Waals surface area contributed by atoms with Crippen molar-refractivity contribution in [2.24, 2.45) is 0 Å². The first-order valence-electron chi connectivity index (χ1n) is 11.2. The average molecular weight is 510 g/mol. The third kappa shape index (κ3) is 5.74. The fourth-order valence-electron chi connectivity index (χ4n) is 3.79. The van der Waals surface area contributed by atoms with E-state index < -0.39 is 18.1 Å². The number of pyridine rings is 1. The Morgan fingerprint density at radius 2 is 1.95 bits per heavy atom. The molecule has 37 heavy (non-hydrogen) atoms. The molecule has 190 valence electrons. The van der Waals surface area contributed by atoms with E-state index in [0.717, 1.165) is 17.3 Å². The molecule has 0 saturated carbocycles.